The molecule has 0 saturated heterocycles. The summed E-state index contributed by atoms with van der Waals surface area (Å²) in [6.07, 6.45) is 0. The zero-order chi connectivity index (χ0) is 7.49. The topological polar surface area (TPSA) is 69.4 Å². The second kappa shape index (κ2) is 3.11. The molecule has 0 bridgehead atoms. The van der Waals surface area contributed by atoms with Gasteiger partial charge in [-0.15, -0.1) is 0 Å². The van der Waals surface area contributed by atoms with Gasteiger partial charge in [-0.1, -0.05) is 0 Å². The van der Waals surface area contributed by atoms with E-state index in [1.807, 2.05) is 0 Å². The Hall–Kier alpha value is -0.180. The lowest BCUT2D eigenvalue weighted by atomic mass is 10.1. The molecule has 0 aliphatic carbocycles. The average Bonchev–Trinajstić information content (AvgIpc) is 1.63. The molecule has 0 atom stereocenters. The minimum atomic E-state index is -2.77. The average molecular weight is 151 g/mol. The van der Waals surface area contributed by atoms with Crippen molar-refractivity contribution in [3.8, 4) is 0 Å². The van der Waals surface area contributed by atoms with Crippen LogP contribution in [0.4, 0.5) is 0 Å². The summed E-state index contributed by atoms with van der Waals surface area (Å²) in [5.41, 5.74) is 4.41. The molecule has 4 nitrogen and oxygen atoms in total. The van der Waals surface area contributed by atoms with Crippen LogP contribution < -0.4 is 5.73 Å². The van der Waals surface area contributed by atoms with Crippen LogP contribution in [0.2, 0.25) is 0 Å². The summed E-state index contributed by atoms with van der Waals surface area (Å²) in [7, 11) is -2.77. The van der Waals surface area contributed by atoms with Gasteiger partial charge in [-0.05, 0) is 13.8 Å². The molecule has 54 valence electrons. The van der Waals surface area contributed by atoms with E-state index in [1.54, 1.807) is 13.8 Å². The van der Waals surface area contributed by atoms with Crippen molar-refractivity contribution < 1.29 is 13.7 Å². The van der Waals surface area contributed by atoms with Crippen molar-refractivity contribution in [1.29, 1.82) is 0 Å². The summed E-state index contributed by atoms with van der Waals surface area (Å²) >= 11 is 0. The first-order valence-corrected chi connectivity index (χ1v) is 3.61. The Kier molecular flexibility index (Phi) is 3.04. The van der Waals surface area contributed by atoms with Crippen molar-refractivity contribution >= 4 is 7.91 Å². The highest BCUT2D eigenvalue weighted by molar-refractivity contribution is 7.24. The van der Waals surface area contributed by atoms with Crippen LogP contribution in [0.1, 0.15) is 13.8 Å². The van der Waals surface area contributed by atoms with Gasteiger partial charge in [0, 0.05) is 6.54 Å². The standard InChI is InChI=1S/C4H10NO3P/c1-4(2,3-5)8-9(6)7/h3,5H2,1-2H3. The third kappa shape index (κ3) is 4.33. The molecule has 0 radical (unpaired) electrons. The summed E-state index contributed by atoms with van der Waals surface area (Å²) in [4.78, 5) is 0. The maximum atomic E-state index is 9.93. The van der Waals surface area contributed by atoms with Gasteiger partial charge in [0.2, 0.25) is 0 Å². The molecule has 0 rings (SSSR count). The van der Waals surface area contributed by atoms with Crippen LogP contribution in [0.25, 0.3) is 0 Å². The van der Waals surface area contributed by atoms with Gasteiger partial charge in [-0.2, -0.15) is 0 Å². The highest BCUT2D eigenvalue weighted by Crippen LogP contribution is 2.18. The molecule has 5 heteroatoms. The second-order valence-electron chi connectivity index (χ2n) is 2.28. The Morgan fingerprint density at radius 2 is 2.00 bits per heavy atom. The maximum Gasteiger partial charge on any atom is 0.468 e. The molecule has 0 aromatic rings. The van der Waals surface area contributed by atoms with Crippen LogP contribution in [0.3, 0.4) is 0 Å². The van der Waals surface area contributed by atoms with Crippen molar-refractivity contribution in [3.63, 3.8) is 0 Å². The van der Waals surface area contributed by atoms with Crippen LogP contribution in [0.5, 0.6) is 0 Å². The lowest BCUT2D eigenvalue weighted by Gasteiger charge is -2.16. The van der Waals surface area contributed by atoms with Gasteiger partial charge in [-0.3, -0.25) is 4.52 Å². The predicted molar refractivity (Wildman–Crippen MR) is 32.5 cm³/mol. The van der Waals surface area contributed by atoms with Gasteiger partial charge < -0.3 is 5.73 Å². The summed E-state index contributed by atoms with van der Waals surface area (Å²) in [5, 5.41) is 0. The number of hydrogen-bond acceptors (Lipinski definition) is 4. The lowest BCUT2D eigenvalue weighted by Crippen LogP contribution is -2.31. The molecule has 0 spiro atoms. The third-order valence-electron chi connectivity index (χ3n) is 0.813. The molecule has 0 aliphatic heterocycles. The Morgan fingerprint density at radius 3 is 2.11 bits per heavy atom. The molecular formula is C4H10NO3P. The Balaban J connectivity index is 3.86. The second-order valence-corrected chi connectivity index (χ2v) is 2.91. The minimum Gasteiger partial charge on any atom is -0.328 e. The van der Waals surface area contributed by atoms with E-state index in [-0.39, 0.29) is 6.54 Å². The van der Waals surface area contributed by atoms with E-state index in [9.17, 15) is 9.13 Å². The van der Waals surface area contributed by atoms with Crippen LogP contribution >= 0.6 is 7.91 Å². The zero-order valence-electron chi connectivity index (χ0n) is 5.46. The van der Waals surface area contributed by atoms with Crippen LogP contribution in [0, 0.1) is 0 Å². The largest absolute Gasteiger partial charge is 0.468 e. The summed E-state index contributed by atoms with van der Waals surface area (Å²) in [6.45, 7) is 3.41. The molecule has 0 saturated carbocycles. The fraction of sp³-hybridized carbons (Fsp3) is 1.00. The third-order valence-corrected chi connectivity index (χ3v) is 1.46. The first-order valence-electron chi connectivity index (χ1n) is 2.51. The minimum absolute atomic E-state index is 0.191. The van der Waals surface area contributed by atoms with Gasteiger partial charge in [0.25, 0.3) is 0 Å². The lowest BCUT2D eigenvalue weighted by molar-refractivity contribution is 0.123. The van der Waals surface area contributed by atoms with Crippen LogP contribution in [-0.2, 0) is 13.7 Å². The Bertz CT molecular complexity index is 144. The molecule has 0 aromatic heterocycles. The Labute approximate surface area is 54.3 Å². The Morgan fingerprint density at radius 1 is 1.56 bits per heavy atom. The summed E-state index contributed by atoms with van der Waals surface area (Å²) in [5.74, 6) is 0. The fourth-order valence-corrected chi connectivity index (χ4v) is 0.717. The molecule has 0 amide bonds. The summed E-state index contributed by atoms with van der Waals surface area (Å²) in [6, 6.07) is 0. The van der Waals surface area contributed by atoms with E-state index < -0.39 is 13.5 Å². The molecular weight excluding hydrogens is 141 g/mol. The van der Waals surface area contributed by atoms with Crippen molar-refractivity contribution in [2.75, 3.05) is 6.54 Å². The SMILES string of the molecule is CC(C)(CN)OP(=O)=O. The first kappa shape index (κ1) is 8.82. The fourth-order valence-electron chi connectivity index (χ4n) is 0.239. The van der Waals surface area contributed by atoms with Gasteiger partial charge in [0.15, 0.2) is 0 Å². The quantitative estimate of drug-likeness (QED) is 0.606. The number of hydrogen-bond donors (Lipinski definition) is 1. The number of rotatable bonds is 3. The smallest absolute Gasteiger partial charge is 0.328 e. The van der Waals surface area contributed by atoms with Gasteiger partial charge in [0.1, 0.15) is 0 Å². The maximum absolute atomic E-state index is 9.93. The highest BCUT2D eigenvalue weighted by atomic mass is 31.1. The van der Waals surface area contributed by atoms with Crippen LogP contribution in [0.15, 0.2) is 0 Å². The molecule has 9 heavy (non-hydrogen) atoms. The molecule has 0 fully saturated rings. The summed E-state index contributed by atoms with van der Waals surface area (Å²) < 4.78 is 24.3. The molecule has 0 aromatic carbocycles. The first-order chi connectivity index (χ1) is 3.98. The van der Waals surface area contributed by atoms with E-state index in [1.165, 1.54) is 0 Å². The molecule has 2 N–H and O–H groups in total. The number of nitrogens with two attached hydrogens (primary N) is 1. The van der Waals surface area contributed by atoms with Crippen molar-refractivity contribution in [2.45, 2.75) is 19.4 Å². The zero-order valence-corrected chi connectivity index (χ0v) is 6.35. The molecule has 0 unspecified atom stereocenters. The van der Waals surface area contributed by atoms with Crippen molar-refractivity contribution in [1.82, 2.24) is 0 Å². The van der Waals surface area contributed by atoms with E-state index in [2.05, 4.69) is 4.52 Å². The van der Waals surface area contributed by atoms with Crippen LogP contribution in [-0.4, -0.2) is 12.1 Å². The predicted octanol–water partition coefficient (Wildman–Crippen LogP) is 0.828. The normalized spacial score (nSPS) is 11.4. The van der Waals surface area contributed by atoms with E-state index in [0.717, 1.165) is 0 Å². The van der Waals surface area contributed by atoms with E-state index >= 15 is 0 Å². The van der Waals surface area contributed by atoms with Gasteiger partial charge in [-0.25, -0.2) is 9.13 Å². The van der Waals surface area contributed by atoms with Crippen molar-refractivity contribution in [3.05, 3.63) is 0 Å². The molecule has 0 aliphatic rings. The highest BCUT2D eigenvalue weighted by Gasteiger charge is 2.18. The van der Waals surface area contributed by atoms with E-state index in [0.29, 0.717) is 0 Å². The van der Waals surface area contributed by atoms with Crippen molar-refractivity contribution in [2.24, 2.45) is 5.73 Å². The van der Waals surface area contributed by atoms with E-state index in [4.69, 9.17) is 5.73 Å². The molecule has 0 heterocycles. The monoisotopic (exact) mass is 151 g/mol. The van der Waals surface area contributed by atoms with Gasteiger partial charge in [0.05, 0.1) is 5.60 Å². The van der Waals surface area contributed by atoms with Gasteiger partial charge >= 0.3 is 7.91 Å².